The van der Waals surface area contributed by atoms with E-state index in [1.54, 1.807) is 0 Å². The number of hydrogen-bond acceptors (Lipinski definition) is 4. The Morgan fingerprint density at radius 1 is 1.40 bits per heavy atom. The molecule has 0 atom stereocenters. The molecule has 1 aromatic rings. The topological polar surface area (TPSA) is 62.4 Å². The monoisotopic (exact) mass is 307 g/mol. The van der Waals surface area contributed by atoms with Gasteiger partial charge < -0.3 is 15.7 Å². The van der Waals surface area contributed by atoms with E-state index in [0.29, 0.717) is 0 Å². The molecular formula is C12H16F3N3OS. The van der Waals surface area contributed by atoms with Crippen LogP contribution in [0, 0.1) is 0 Å². The normalized spacial score (nSPS) is 12.3. The molecule has 8 heteroatoms. The molecule has 0 fully saturated rings. The Bertz CT molecular complexity index is 512. The van der Waals surface area contributed by atoms with Crippen LogP contribution in [0.15, 0.2) is 12.1 Å². The zero-order valence-corrected chi connectivity index (χ0v) is 12.1. The lowest BCUT2D eigenvalue weighted by Crippen LogP contribution is -2.38. The molecule has 1 aromatic heterocycles. The molecule has 20 heavy (non-hydrogen) atoms. The lowest BCUT2D eigenvalue weighted by Gasteiger charge is -2.28. The van der Waals surface area contributed by atoms with Crippen LogP contribution < -0.4 is 10.6 Å². The lowest BCUT2D eigenvalue weighted by atomic mass is 10.1. The van der Waals surface area contributed by atoms with Crippen LogP contribution in [0.3, 0.4) is 0 Å². The van der Waals surface area contributed by atoms with Gasteiger partial charge >= 0.3 is 6.18 Å². The van der Waals surface area contributed by atoms with E-state index >= 15 is 0 Å². The van der Waals surface area contributed by atoms with Gasteiger partial charge in [-0.05, 0) is 26.0 Å². The molecular weight excluding hydrogens is 291 g/mol. The van der Waals surface area contributed by atoms with Crippen LogP contribution in [0.4, 0.5) is 19.0 Å². The third-order valence-electron chi connectivity index (χ3n) is 2.42. The maximum Gasteiger partial charge on any atom is 0.433 e. The SMILES string of the molecule is CN(CC(C)(C)O)c1nc(C(F)(F)F)ccc1C(N)=S. The minimum atomic E-state index is -4.56. The molecule has 0 aliphatic carbocycles. The highest BCUT2D eigenvalue weighted by molar-refractivity contribution is 7.80. The number of aromatic nitrogens is 1. The Balaban J connectivity index is 3.29. The van der Waals surface area contributed by atoms with Gasteiger partial charge in [0.1, 0.15) is 16.5 Å². The van der Waals surface area contributed by atoms with Crippen molar-refractivity contribution in [1.29, 1.82) is 0 Å². The van der Waals surface area contributed by atoms with E-state index in [1.165, 1.54) is 31.9 Å². The Hall–Kier alpha value is -1.41. The van der Waals surface area contributed by atoms with Crippen molar-refractivity contribution in [1.82, 2.24) is 4.98 Å². The molecule has 0 aliphatic rings. The molecule has 0 aromatic carbocycles. The number of pyridine rings is 1. The van der Waals surface area contributed by atoms with Gasteiger partial charge in [0.25, 0.3) is 0 Å². The predicted octanol–water partition coefficient (Wildman–Crippen LogP) is 1.94. The number of hydrogen-bond donors (Lipinski definition) is 2. The number of halogens is 3. The van der Waals surface area contributed by atoms with Crippen LogP contribution in [0.2, 0.25) is 0 Å². The van der Waals surface area contributed by atoms with Gasteiger partial charge in [0.05, 0.1) is 11.2 Å². The first-order valence-corrected chi connectivity index (χ1v) is 6.14. The van der Waals surface area contributed by atoms with Gasteiger partial charge in [-0.25, -0.2) is 4.98 Å². The lowest BCUT2D eigenvalue weighted by molar-refractivity contribution is -0.141. The van der Waals surface area contributed by atoms with Crippen molar-refractivity contribution in [2.45, 2.75) is 25.6 Å². The number of nitrogens with two attached hydrogens (primary N) is 1. The van der Waals surface area contributed by atoms with Crippen molar-refractivity contribution in [2.75, 3.05) is 18.5 Å². The second kappa shape index (κ2) is 5.53. The van der Waals surface area contributed by atoms with E-state index in [-0.39, 0.29) is 22.9 Å². The summed E-state index contributed by atoms with van der Waals surface area (Å²) in [7, 11) is 1.52. The molecule has 0 amide bonds. The number of likely N-dealkylation sites (N-methyl/N-ethyl adjacent to an activating group) is 1. The van der Waals surface area contributed by atoms with Crippen LogP contribution in [0.5, 0.6) is 0 Å². The number of anilines is 1. The Morgan fingerprint density at radius 2 is 1.95 bits per heavy atom. The number of alkyl halides is 3. The third-order valence-corrected chi connectivity index (χ3v) is 2.64. The molecule has 1 heterocycles. The largest absolute Gasteiger partial charge is 0.433 e. The molecule has 0 spiro atoms. The predicted molar refractivity (Wildman–Crippen MR) is 74.7 cm³/mol. The minimum absolute atomic E-state index is 0.00514. The van der Waals surface area contributed by atoms with Gasteiger partial charge in [0, 0.05) is 13.6 Å². The summed E-state index contributed by atoms with van der Waals surface area (Å²) in [6.45, 7) is 3.16. The highest BCUT2D eigenvalue weighted by atomic mass is 32.1. The number of aliphatic hydroxyl groups is 1. The number of thiocarbonyl (C=S) groups is 1. The van der Waals surface area contributed by atoms with Gasteiger partial charge in [-0.3, -0.25) is 0 Å². The summed E-state index contributed by atoms with van der Waals surface area (Å²) in [6, 6.07) is 2.02. The molecule has 3 N–H and O–H groups in total. The Morgan fingerprint density at radius 3 is 2.35 bits per heavy atom. The highest BCUT2D eigenvalue weighted by Gasteiger charge is 2.34. The number of nitrogens with zero attached hydrogens (tertiary/aromatic N) is 2. The van der Waals surface area contributed by atoms with Crippen molar-refractivity contribution in [3.63, 3.8) is 0 Å². The summed E-state index contributed by atoms with van der Waals surface area (Å²) in [5, 5.41) is 9.75. The summed E-state index contributed by atoms with van der Waals surface area (Å²) >= 11 is 4.81. The number of rotatable bonds is 4. The molecule has 0 radical (unpaired) electrons. The third kappa shape index (κ3) is 4.31. The molecule has 1 rings (SSSR count). The van der Waals surface area contributed by atoms with Crippen molar-refractivity contribution in [3.05, 3.63) is 23.4 Å². The molecule has 112 valence electrons. The van der Waals surface area contributed by atoms with E-state index in [0.717, 1.165) is 6.07 Å². The zero-order valence-electron chi connectivity index (χ0n) is 11.3. The maximum atomic E-state index is 12.7. The molecule has 0 saturated carbocycles. The Labute approximate surface area is 120 Å². The van der Waals surface area contributed by atoms with Gasteiger partial charge in [0.2, 0.25) is 0 Å². The smallest absolute Gasteiger partial charge is 0.389 e. The van der Waals surface area contributed by atoms with Gasteiger partial charge in [-0.2, -0.15) is 13.2 Å². The Kier molecular flexibility index (Phi) is 4.60. The first-order chi connectivity index (χ1) is 8.92. The zero-order chi connectivity index (χ0) is 15.7. The summed E-state index contributed by atoms with van der Waals surface area (Å²) in [5.74, 6) is -0.00514. The van der Waals surface area contributed by atoms with Crippen LogP contribution in [0.1, 0.15) is 25.1 Å². The van der Waals surface area contributed by atoms with Crippen molar-refractivity contribution < 1.29 is 18.3 Å². The van der Waals surface area contributed by atoms with Gasteiger partial charge in [0.15, 0.2) is 0 Å². The average molecular weight is 307 g/mol. The van der Waals surface area contributed by atoms with E-state index in [9.17, 15) is 18.3 Å². The fourth-order valence-corrected chi connectivity index (χ4v) is 1.90. The van der Waals surface area contributed by atoms with Gasteiger partial charge in [-0.1, -0.05) is 12.2 Å². The second-order valence-electron chi connectivity index (χ2n) is 5.10. The van der Waals surface area contributed by atoms with Crippen molar-refractivity contribution in [3.8, 4) is 0 Å². The molecule has 0 saturated heterocycles. The van der Waals surface area contributed by atoms with E-state index in [1.807, 2.05) is 0 Å². The fraction of sp³-hybridized carbons (Fsp3) is 0.500. The van der Waals surface area contributed by atoms with Crippen LogP contribution in [-0.2, 0) is 6.18 Å². The summed E-state index contributed by atoms with van der Waals surface area (Å²) < 4.78 is 38.1. The van der Waals surface area contributed by atoms with Crippen molar-refractivity contribution in [2.24, 2.45) is 5.73 Å². The highest BCUT2D eigenvalue weighted by Crippen LogP contribution is 2.30. The van der Waals surface area contributed by atoms with E-state index in [2.05, 4.69) is 4.98 Å². The average Bonchev–Trinajstić information content (AvgIpc) is 2.24. The fourth-order valence-electron chi connectivity index (χ4n) is 1.74. The first-order valence-electron chi connectivity index (χ1n) is 5.73. The molecule has 4 nitrogen and oxygen atoms in total. The molecule has 0 bridgehead atoms. The first kappa shape index (κ1) is 16.6. The molecule has 0 unspecified atom stereocenters. The summed E-state index contributed by atoms with van der Waals surface area (Å²) in [4.78, 5) is 4.91. The summed E-state index contributed by atoms with van der Waals surface area (Å²) in [5.41, 5.74) is 3.60. The van der Waals surface area contributed by atoms with Crippen LogP contribution in [0.25, 0.3) is 0 Å². The van der Waals surface area contributed by atoms with Gasteiger partial charge in [-0.15, -0.1) is 0 Å². The standard InChI is InChI=1S/C12H16F3N3OS/c1-11(2,19)6-18(3)10-7(9(16)20)4-5-8(17-10)12(13,14)15/h4-5,19H,6H2,1-3H3,(H2,16,20). The van der Waals surface area contributed by atoms with Crippen molar-refractivity contribution >= 4 is 23.0 Å². The summed E-state index contributed by atoms with van der Waals surface area (Å²) in [6.07, 6.45) is -4.56. The van der Waals surface area contributed by atoms with E-state index < -0.39 is 17.5 Å². The second-order valence-corrected chi connectivity index (χ2v) is 5.54. The quantitative estimate of drug-likeness (QED) is 0.833. The molecule has 0 aliphatic heterocycles. The van der Waals surface area contributed by atoms with Crippen LogP contribution >= 0.6 is 12.2 Å². The maximum absolute atomic E-state index is 12.7. The van der Waals surface area contributed by atoms with Crippen LogP contribution in [-0.4, -0.2) is 34.3 Å². The minimum Gasteiger partial charge on any atom is -0.389 e. The van der Waals surface area contributed by atoms with E-state index in [4.69, 9.17) is 18.0 Å².